The van der Waals surface area contributed by atoms with Gasteiger partial charge in [-0.3, -0.25) is 4.68 Å². The first-order valence-corrected chi connectivity index (χ1v) is 8.53. The average molecular weight is 283 g/mol. The van der Waals surface area contributed by atoms with E-state index in [1.807, 2.05) is 17.9 Å². The smallest absolute Gasteiger partial charge is 0.0521 e. The molecule has 0 saturated carbocycles. The maximum atomic E-state index is 4.24. The second kappa shape index (κ2) is 9.43. The summed E-state index contributed by atoms with van der Waals surface area (Å²) in [5.41, 5.74) is 1.35. The highest BCUT2D eigenvalue weighted by molar-refractivity contribution is 7.99. The highest BCUT2D eigenvalue weighted by Crippen LogP contribution is 2.17. The molecule has 3 nitrogen and oxygen atoms in total. The van der Waals surface area contributed by atoms with Gasteiger partial charge in [0.25, 0.3) is 0 Å². The van der Waals surface area contributed by atoms with E-state index in [2.05, 4.69) is 49.1 Å². The van der Waals surface area contributed by atoms with Crippen molar-refractivity contribution in [2.75, 3.05) is 12.3 Å². The molecule has 0 spiro atoms. The van der Waals surface area contributed by atoms with Gasteiger partial charge in [0.05, 0.1) is 6.20 Å². The maximum Gasteiger partial charge on any atom is 0.0521 e. The van der Waals surface area contributed by atoms with Crippen LogP contribution in [-0.2, 0) is 13.5 Å². The molecule has 1 heterocycles. The molecule has 0 saturated heterocycles. The quantitative estimate of drug-likeness (QED) is 0.715. The van der Waals surface area contributed by atoms with E-state index in [0.29, 0.717) is 6.04 Å². The lowest BCUT2D eigenvalue weighted by molar-refractivity contribution is 0.519. The number of hydrogen-bond donors (Lipinski definition) is 1. The molecule has 0 fully saturated rings. The lowest BCUT2D eigenvalue weighted by Crippen LogP contribution is -2.33. The number of rotatable bonds is 10. The number of nitrogens with zero attached hydrogens (tertiary/aromatic N) is 2. The SMILES string of the molecule is CCCNC(CCc1cnn(C)c1)CSC(C)CC. The summed E-state index contributed by atoms with van der Waals surface area (Å²) in [6.45, 7) is 7.94. The van der Waals surface area contributed by atoms with Gasteiger partial charge in [0.2, 0.25) is 0 Å². The molecule has 0 aliphatic rings. The Bertz CT molecular complexity index is 338. The Hall–Kier alpha value is -0.480. The van der Waals surface area contributed by atoms with E-state index in [4.69, 9.17) is 0 Å². The fraction of sp³-hybridized carbons (Fsp3) is 0.800. The van der Waals surface area contributed by atoms with Crippen LogP contribution in [0.15, 0.2) is 12.4 Å². The highest BCUT2D eigenvalue weighted by Gasteiger charge is 2.10. The molecule has 4 heteroatoms. The van der Waals surface area contributed by atoms with Crippen LogP contribution < -0.4 is 5.32 Å². The summed E-state index contributed by atoms with van der Waals surface area (Å²) in [6.07, 6.45) is 8.90. The van der Waals surface area contributed by atoms with E-state index in [1.165, 1.54) is 30.6 Å². The Kier molecular flexibility index (Phi) is 8.22. The molecule has 1 aromatic heterocycles. The Morgan fingerprint density at radius 1 is 1.42 bits per heavy atom. The van der Waals surface area contributed by atoms with Crippen LogP contribution in [0, 0.1) is 0 Å². The molecule has 2 atom stereocenters. The molecule has 0 aliphatic heterocycles. The van der Waals surface area contributed by atoms with Crippen LogP contribution in [0.1, 0.15) is 45.6 Å². The monoisotopic (exact) mass is 283 g/mol. The van der Waals surface area contributed by atoms with Crippen molar-refractivity contribution in [3.05, 3.63) is 18.0 Å². The zero-order valence-corrected chi connectivity index (χ0v) is 13.7. The molecule has 0 radical (unpaired) electrons. The third-order valence-electron chi connectivity index (χ3n) is 3.38. The Morgan fingerprint density at radius 3 is 2.79 bits per heavy atom. The van der Waals surface area contributed by atoms with Crippen molar-refractivity contribution >= 4 is 11.8 Å². The zero-order chi connectivity index (χ0) is 14.1. The van der Waals surface area contributed by atoms with Gasteiger partial charge >= 0.3 is 0 Å². The average Bonchev–Trinajstić information content (AvgIpc) is 2.83. The van der Waals surface area contributed by atoms with Crippen LogP contribution in [0.5, 0.6) is 0 Å². The van der Waals surface area contributed by atoms with Crippen LogP contribution in [-0.4, -0.2) is 33.4 Å². The minimum Gasteiger partial charge on any atom is -0.313 e. The molecule has 19 heavy (non-hydrogen) atoms. The van der Waals surface area contributed by atoms with E-state index in [0.717, 1.165) is 18.2 Å². The Morgan fingerprint density at radius 2 is 2.21 bits per heavy atom. The summed E-state index contributed by atoms with van der Waals surface area (Å²) in [5, 5.41) is 8.68. The molecule has 0 aliphatic carbocycles. The van der Waals surface area contributed by atoms with Gasteiger partial charge in [-0.2, -0.15) is 16.9 Å². The Balaban J connectivity index is 2.35. The third kappa shape index (κ3) is 7.02. The number of aryl methyl sites for hydroxylation is 2. The Labute approximate surface area is 122 Å². The molecule has 0 bridgehead atoms. The molecular formula is C15H29N3S. The molecule has 1 rings (SSSR count). The van der Waals surface area contributed by atoms with Gasteiger partial charge in [-0.05, 0) is 37.8 Å². The first kappa shape index (κ1) is 16.6. The number of nitrogens with one attached hydrogen (secondary N) is 1. The van der Waals surface area contributed by atoms with E-state index < -0.39 is 0 Å². The van der Waals surface area contributed by atoms with Crippen molar-refractivity contribution in [2.24, 2.45) is 7.05 Å². The highest BCUT2D eigenvalue weighted by atomic mass is 32.2. The second-order valence-electron chi connectivity index (χ2n) is 5.26. The molecule has 1 aromatic rings. The van der Waals surface area contributed by atoms with Gasteiger partial charge in [-0.25, -0.2) is 0 Å². The van der Waals surface area contributed by atoms with Crippen molar-refractivity contribution in [3.63, 3.8) is 0 Å². The van der Waals surface area contributed by atoms with Crippen molar-refractivity contribution < 1.29 is 0 Å². The minimum atomic E-state index is 0.624. The van der Waals surface area contributed by atoms with Crippen LogP contribution in [0.3, 0.4) is 0 Å². The van der Waals surface area contributed by atoms with Gasteiger partial charge in [0.15, 0.2) is 0 Å². The topological polar surface area (TPSA) is 29.9 Å². The van der Waals surface area contributed by atoms with Crippen LogP contribution in [0.2, 0.25) is 0 Å². The normalized spacial score (nSPS) is 14.5. The number of hydrogen-bond acceptors (Lipinski definition) is 3. The van der Waals surface area contributed by atoms with Crippen molar-refractivity contribution in [2.45, 2.75) is 57.7 Å². The molecule has 1 N–H and O–H groups in total. The van der Waals surface area contributed by atoms with Crippen LogP contribution in [0.25, 0.3) is 0 Å². The minimum absolute atomic E-state index is 0.624. The van der Waals surface area contributed by atoms with E-state index in [1.54, 1.807) is 0 Å². The molecule has 0 amide bonds. The first-order chi connectivity index (χ1) is 9.15. The lowest BCUT2D eigenvalue weighted by atomic mass is 10.1. The van der Waals surface area contributed by atoms with Crippen molar-refractivity contribution in [1.29, 1.82) is 0 Å². The largest absolute Gasteiger partial charge is 0.313 e. The summed E-state index contributed by atoms with van der Waals surface area (Å²) in [6, 6.07) is 0.624. The first-order valence-electron chi connectivity index (χ1n) is 7.48. The third-order valence-corrected chi connectivity index (χ3v) is 4.88. The van der Waals surface area contributed by atoms with Gasteiger partial charge in [0.1, 0.15) is 0 Å². The zero-order valence-electron chi connectivity index (χ0n) is 12.9. The van der Waals surface area contributed by atoms with Gasteiger partial charge in [-0.1, -0.05) is 20.8 Å². The van der Waals surface area contributed by atoms with E-state index >= 15 is 0 Å². The van der Waals surface area contributed by atoms with Gasteiger partial charge in [0, 0.05) is 30.3 Å². The van der Waals surface area contributed by atoms with Crippen molar-refractivity contribution in [1.82, 2.24) is 15.1 Å². The van der Waals surface area contributed by atoms with Gasteiger partial charge < -0.3 is 5.32 Å². The summed E-state index contributed by atoms with van der Waals surface area (Å²) in [7, 11) is 1.98. The number of thioether (sulfide) groups is 1. The molecular weight excluding hydrogens is 254 g/mol. The summed E-state index contributed by atoms with van der Waals surface area (Å²) in [4.78, 5) is 0. The van der Waals surface area contributed by atoms with Gasteiger partial charge in [-0.15, -0.1) is 0 Å². The van der Waals surface area contributed by atoms with E-state index in [-0.39, 0.29) is 0 Å². The number of aromatic nitrogens is 2. The maximum absolute atomic E-state index is 4.24. The van der Waals surface area contributed by atoms with E-state index in [9.17, 15) is 0 Å². The predicted molar refractivity (Wildman–Crippen MR) is 85.8 cm³/mol. The fourth-order valence-electron chi connectivity index (χ4n) is 1.93. The lowest BCUT2D eigenvalue weighted by Gasteiger charge is -2.19. The summed E-state index contributed by atoms with van der Waals surface area (Å²) >= 11 is 2.09. The summed E-state index contributed by atoms with van der Waals surface area (Å²) in [5.74, 6) is 1.22. The fourth-order valence-corrected chi connectivity index (χ4v) is 3.01. The van der Waals surface area contributed by atoms with Crippen LogP contribution in [0.4, 0.5) is 0 Å². The molecule has 2 unspecified atom stereocenters. The standard InChI is InChI=1S/C15H29N3S/c1-5-9-16-15(12-19-13(3)6-2)8-7-14-10-17-18(4)11-14/h10-11,13,15-16H,5-9,12H2,1-4H3. The molecule has 110 valence electrons. The molecule has 0 aromatic carbocycles. The van der Waals surface area contributed by atoms with Crippen LogP contribution >= 0.6 is 11.8 Å². The van der Waals surface area contributed by atoms with Crippen molar-refractivity contribution in [3.8, 4) is 0 Å². The predicted octanol–water partition coefficient (Wildman–Crippen LogP) is 3.25. The second-order valence-corrected chi connectivity index (χ2v) is 6.74. The summed E-state index contributed by atoms with van der Waals surface area (Å²) < 4.78 is 1.89.